The minimum atomic E-state index is -1.14. The van der Waals surface area contributed by atoms with Gasteiger partial charge in [0.05, 0.1) is 6.07 Å². The highest BCUT2D eigenvalue weighted by atomic mass is 32.1. The highest BCUT2D eigenvalue weighted by Gasteiger charge is 2.35. The number of nitrogens with zero attached hydrogens (tertiary/aromatic N) is 1. The lowest BCUT2D eigenvalue weighted by Gasteiger charge is -2.17. The van der Waals surface area contributed by atoms with E-state index in [1.165, 1.54) is 0 Å². The number of carboxylic acid groups (broad SMARTS) is 4. The molecular formula is C11H19NO8S3. The van der Waals surface area contributed by atoms with Crippen LogP contribution in [0.15, 0.2) is 0 Å². The van der Waals surface area contributed by atoms with E-state index in [1.807, 2.05) is 13.0 Å². The SMILES string of the molecule is CCCC(C#N)(CC)C(=O)O.O=C(O)S.O=C(O)S.O=C(O)S. The molecular weight excluding hydrogens is 370 g/mol. The molecule has 0 aromatic heterocycles. The van der Waals surface area contributed by atoms with Crippen LogP contribution in [0.2, 0.25) is 0 Å². The van der Waals surface area contributed by atoms with E-state index in [0.717, 1.165) is 6.42 Å². The molecule has 0 rings (SSSR count). The number of thiol groups is 3. The predicted molar refractivity (Wildman–Crippen MR) is 91.9 cm³/mol. The van der Waals surface area contributed by atoms with Gasteiger partial charge in [-0.3, -0.25) is 4.79 Å². The molecule has 12 heteroatoms. The van der Waals surface area contributed by atoms with Crippen molar-refractivity contribution in [2.24, 2.45) is 5.41 Å². The Morgan fingerprint density at radius 3 is 1.22 bits per heavy atom. The number of rotatable bonds is 4. The Morgan fingerprint density at radius 2 is 1.17 bits per heavy atom. The van der Waals surface area contributed by atoms with E-state index < -0.39 is 27.3 Å². The van der Waals surface area contributed by atoms with E-state index in [1.54, 1.807) is 6.92 Å². The molecule has 4 N–H and O–H groups in total. The molecule has 23 heavy (non-hydrogen) atoms. The van der Waals surface area contributed by atoms with E-state index in [0.29, 0.717) is 12.8 Å². The van der Waals surface area contributed by atoms with Crippen molar-refractivity contribution in [1.29, 1.82) is 5.26 Å². The molecule has 0 aromatic carbocycles. The van der Waals surface area contributed by atoms with Crippen molar-refractivity contribution in [2.45, 2.75) is 33.1 Å². The fourth-order valence-corrected chi connectivity index (χ4v) is 1.04. The van der Waals surface area contributed by atoms with Gasteiger partial charge in [0, 0.05) is 0 Å². The average Bonchev–Trinajstić information content (AvgIpc) is 2.33. The summed E-state index contributed by atoms with van der Waals surface area (Å²) in [7, 11) is 0. The van der Waals surface area contributed by atoms with E-state index in [9.17, 15) is 4.79 Å². The monoisotopic (exact) mass is 389 g/mol. The van der Waals surface area contributed by atoms with Crippen molar-refractivity contribution >= 4 is 59.8 Å². The van der Waals surface area contributed by atoms with Crippen molar-refractivity contribution in [1.82, 2.24) is 0 Å². The fraction of sp³-hybridized carbons (Fsp3) is 0.545. The second kappa shape index (κ2) is 18.5. The molecule has 0 saturated heterocycles. The van der Waals surface area contributed by atoms with E-state index in [4.69, 9.17) is 40.1 Å². The summed E-state index contributed by atoms with van der Waals surface area (Å²) in [5.41, 5.74) is -1.14. The molecule has 0 bridgehead atoms. The molecule has 0 spiro atoms. The lowest BCUT2D eigenvalue weighted by molar-refractivity contribution is -0.146. The van der Waals surface area contributed by atoms with Crippen molar-refractivity contribution in [3.63, 3.8) is 0 Å². The molecule has 1 atom stereocenters. The van der Waals surface area contributed by atoms with Gasteiger partial charge in [0.2, 0.25) is 0 Å². The molecule has 0 heterocycles. The molecule has 0 aliphatic heterocycles. The summed E-state index contributed by atoms with van der Waals surface area (Å²) in [4.78, 5) is 37.2. The third kappa shape index (κ3) is 33.3. The molecule has 0 saturated carbocycles. The predicted octanol–water partition coefficient (Wildman–Crippen LogP) is 3.57. The molecule has 0 fully saturated rings. The zero-order valence-corrected chi connectivity index (χ0v) is 15.0. The third-order valence-corrected chi connectivity index (χ3v) is 1.90. The highest BCUT2D eigenvalue weighted by Crippen LogP contribution is 2.27. The second-order valence-electron chi connectivity index (χ2n) is 3.45. The molecule has 9 nitrogen and oxygen atoms in total. The molecule has 134 valence electrons. The van der Waals surface area contributed by atoms with Crippen LogP contribution in [0.1, 0.15) is 33.1 Å². The van der Waals surface area contributed by atoms with Gasteiger partial charge in [-0.25, -0.2) is 14.4 Å². The summed E-state index contributed by atoms with van der Waals surface area (Å²) in [6.45, 7) is 3.61. The first-order valence-electron chi connectivity index (χ1n) is 5.73. The Labute approximate surface area is 149 Å². The van der Waals surface area contributed by atoms with E-state index in [-0.39, 0.29) is 0 Å². The summed E-state index contributed by atoms with van der Waals surface area (Å²) in [6, 6.07) is 1.87. The van der Waals surface area contributed by atoms with Gasteiger partial charge in [0.1, 0.15) is 0 Å². The molecule has 0 aliphatic rings. The number of carboxylic acids is 1. The minimum absolute atomic E-state index is 0.382. The highest BCUT2D eigenvalue weighted by molar-refractivity contribution is 7.96. The smallest absolute Gasteiger partial charge is 0.361 e. The van der Waals surface area contributed by atoms with Crippen LogP contribution in [0, 0.1) is 16.7 Å². The lowest BCUT2D eigenvalue weighted by Crippen LogP contribution is -2.28. The second-order valence-corrected chi connectivity index (χ2v) is 4.60. The molecule has 0 aliphatic carbocycles. The van der Waals surface area contributed by atoms with E-state index >= 15 is 0 Å². The fourth-order valence-electron chi connectivity index (χ4n) is 1.04. The maximum absolute atomic E-state index is 10.7. The standard InChI is InChI=1S/C8H13NO2.3CH2O2S/c1-3-5-8(4-2,6-9)7(10)11;3*2-1(3)4/h3-5H2,1-2H3,(H,10,11);3*4H,(H,2,3). The van der Waals surface area contributed by atoms with Gasteiger partial charge in [-0.2, -0.15) is 5.26 Å². The third-order valence-electron chi connectivity index (χ3n) is 1.90. The van der Waals surface area contributed by atoms with Crippen LogP contribution in [0.4, 0.5) is 14.4 Å². The summed E-state index contributed by atoms with van der Waals surface area (Å²) in [5.74, 6) is -0.996. The van der Waals surface area contributed by atoms with Crippen LogP contribution in [0.5, 0.6) is 0 Å². The average molecular weight is 389 g/mol. The largest absolute Gasteiger partial charge is 0.480 e. The normalized spacial score (nSPS) is 10.4. The number of nitriles is 1. The summed E-state index contributed by atoms with van der Waals surface area (Å²) in [6.07, 6.45) is 1.55. The van der Waals surface area contributed by atoms with Gasteiger partial charge < -0.3 is 20.4 Å². The van der Waals surface area contributed by atoms with Crippen molar-refractivity contribution < 1.29 is 39.6 Å². The Hall–Kier alpha value is -1.58. The molecule has 1 unspecified atom stereocenters. The van der Waals surface area contributed by atoms with Gasteiger partial charge in [-0.1, -0.05) is 58.2 Å². The van der Waals surface area contributed by atoms with E-state index in [2.05, 4.69) is 37.9 Å². The van der Waals surface area contributed by atoms with Crippen molar-refractivity contribution in [3.8, 4) is 6.07 Å². The first kappa shape index (κ1) is 29.4. The van der Waals surface area contributed by atoms with Crippen LogP contribution < -0.4 is 0 Å². The summed E-state index contributed by atoms with van der Waals surface area (Å²) in [5, 5.41) is 35.8. The van der Waals surface area contributed by atoms with Gasteiger partial charge in [-0.15, -0.1) is 0 Å². The number of carbonyl (C=O) groups is 4. The first-order valence-corrected chi connectivity index (χ1v) is 7.07. The van der Waals surface area contributed by atoms with Crippen molar-refractivity contribution in [3.05, 3.63) is 0 Å². The Morgan fingerprint density at radius 1 is 0.913 bits per heavy atom. The van der Waals surface area contributed by atoms with Crippen LogP contribution in [-0.4, -0.2) is 42.3 Å². The zero-order chi connectivity index (χ0) is 19.6. The maximum atomic E-state index is 10.7. The number of aliphatic carboxylic acids is 1. The van der Waals surface area contributed by atoms with Crippen LogP contribution >= 0.6 is 37.9 Å². The number of hydrogen-bond donors (Lipinski definition) is 7. The Kier molecular flexibility index (Phi) is 23.6. The Bertz CT molecular complexity index is 383. The van der Waals surface area contributed by atoms with Crippen LogP contribution in [0.3, 0.4) is 0 Å². The van der Waals surface area contributed by atoms with Gasteiger partial charge in [-0.05, 0) is 12.8 Å². The minimum Gasteiger partial charge on any atom is -0.480 e. The van der Waals surface area contributed by atoms with Gasteiger partial charge in [0.25, 0.3) is 0 Å². The first-order chi connectivity index (χ1) is 10.3. The van der Waals surface area contributed by atoms with Gasteiger partial charge >= 0.3 is 21.9 Å². The lowest BCUT2D eigenvalue weighted by atomic mass is 9.82. The summed E-state index contributed by atoms with van der Waals surface area (Å²) < 4.78 is 0. The van der Waals surface area contributed by atoms with Crippen LogP contribution in [-0.2, 0) is 4.79 Å². The topological polar surface area (TPSA) is 173 Å². The molecule has 0 amide bonds. The molecule has 0 aromatic rings. The van der Waals surface area contributed by atoms with Crippen molar-refractivity contribution in [2.75, 3.05) is 0 Å². The molecule has 0 radical (unpaired) electrons. The van der Waals surface area contributed by atoms with Crippen LogP contribution in [0.25, 0.3) is 0 Å². The maximum Gasteiger partial charge on any atom is 0.361 e. The Balaban J connectivity index is -0.000000124. The zero-order valence-electron chi connectivity index (χ0n) is 12.3. The quantitative estimate of drug-likeness (QED) is 0.355. The van der Waals surface area contributed by atoms with Gasteiger partial charge in [0.15, 0.2) is 5.41 Å². The summed E-state index contributed by atoms with van der Waals surface area (Å²) >= 11 is 8.65. The number of hydrogen-bond acceptors (Lipinski definition) is 5.